The number of rotatable bonds is 4. The molecule has 140 valence electrons. The first-order chi connectivity index (χ1) is 13.8. The highest BCUT2D eigenvalue weighted by molar-refractivity contribution is 6.04. The van der Waals surface area contributed by atoms with Gasteiger partial charge in [-0.15, -0.1) is 0 Å². The summed E-state index contributed by atoms with van der Waals surface area (Å²) in [6.07, 6.45) is 1.51. The molecule has 6 heteroatoms. The maximum absolute atomic E-state index is 13.1. The Bertz CT molecular complexity index is 1120. The Labute approximate surface area is 162 Å². The quantitative estimate of drug-likeness (QED) is 0.542. The molecule has 0 fully saturated rings. The second kappa shape index (κ2) is 6.98. The maximum Gasteiger partial charge on any atom is 0.294 e. The lowest BCUT2D eigenvalue weighted by Crippen LogP contribution is -2.30. The van der Waals surface area contributed by atoms with Gasteiger partial charge in [-0.05, 0) is 35.9 Å². The lowest BCUT2D eigenvalue weighted by atomic mass is 10.1. The molecule has 2 aromatic carbocycles. The van der Waals surface area contributed by atoms with Crippen molar-refractivity contribution >= 4 is 22.6 Å². The maximum atomic E-state index is 13.1. The number of carbonyl (C=O) groups excluding carboxylic acids is 1. The van der Waals surface area contributed by atoms with Crippen LogP contribution in [0.4, 0.5) is 5.69 Å². The van der Waals surface area contributed by atoms with Crippen molar-refractivity contribution in [1.82, 2.24) is 9.55 Å². The molecule has 0 unspecified atom stereocenters. The summed E-state index contributed by atoms with van der Waals surface area (Å²) >= 11 is 0. The van der Waals surface area contributed by atoms with Crippen molar-refractivity contribution in [3.8, 4) is 0 Å². The lowest BCUT2D eigenvalue weighted by molar-refractivity contribution is 0.0830. The predicted octanol–water partition coefficient (Wildman–Crippen LogP) is 4.01. The summed E-state index contributed by atoms with van der Waals surface area (Å²) in [6.45, 7) is 2.45. The molecule has 0 bridgehead atoms. The highest BCUT2D eigenvalue weighted by Gasteiger charge is 2.22. The molecule has 0 radical (unpaired) electrons. The van der Waals surface area contributed by atoms with Gasteiger partial charge in [0.1, 0.15) is 12.4 Å². The predicted molar refractivity (Wildman–Crippen MR) is 105 cm³/mol. The van der Waals surface area contributed by atoms with E-state index in [1.807, 2.05) is 48.5 Å². The Morgan fingerprint density at radius 3 is 2.82 bits per heavy atom. The topological polar surface area (TPSA) is 60.5 Å². The smallest absolute Gasteiger partial charge is 0.294 e. The molecule has 2 aromatic heterocycles. The minimum Gasteiger partial charge on any atom is -0.459 e. The number of ether oxygens (including phenoxy) is 1. The monoisotopic (exact) mass is 373 g/mol. The molecule has 0 saturated carbocycles. The number of anilines is 1. The standard InChI is InChI=1S/C22H19N3O3/c26-22(20-7-4-11-28-20)25(14-16-5-2-1-3-6-16)17-8-9-19-18(13-17)23-21-15-27-12-10-24(19)21/h1-9,11,13H,10,12,14-15H2. The number of hydrogen-bond acceptors (Lipinski definition) is 4. The molecule has 6 nitrogen and oxygen atoms in total. The molecule has 0 N–H and O–H groups in total. The highest BCUT2D eigenvalue weighted by atomic mass is 16.5. The molecule has 0 aliphatic carbocycles. The highest BCUT2D eigenvalue weighted by Crippen LogP contribution is 2.27. The molecule has 4 aromatic rings. The van der Waals surface area contributed by atoms with Gasteiger partial charge in [-0.1, -0.05) is 30.3 Å². The zero-order valence-electron chi connectivity index (χ0n) is 15.2. The van der Waals surface area contributed by atoms with E-state index in [1.165, 1.54) is 6.26 Å². The van der Waals surface area contributed by atoms with Crippen LogP contribution in [-0.2, 0) is 24.4 Å². The number of furan rings is 1. The van der Waals surface area contributed by atoms with Crippen LogP contribution in [0, 0.1) is 0 Å². The number of imidazole rings is 1. The number of carbonyl (C=O) groups is 1. The number of nitrogens with zero attached hydrogens (tertiary/aromatic N) is 3. The third kappa shape index (κ3) is 2.97. The minimum absolute atomic E-state index is 0.180. The van der Waals surface area contributed by atoms with Gasteiger partial charge in [0.25, 0.3) is 5.91 Å². The van der Waals surface area contributed by atoms with Gasteiger partial charge >= 0.3 is 0 Å². The molecule has 0 spiro atoms. The van der Waals surface area contributed by atoms with Crippen LogP contribution in [0.3, 0.4) is 0 Å². The van der Waals surface area contributed by atoms with Crippen molar-refractivity contribution < 1.29 is 13.9 Å². The zero-order valence-corrected chi connectivity index (χ0v) is 15.2. The summed E-state index contributed by atoms with van der Waals surface area (Å²) in [4.78, 5) is 19.6. The van der Waals surface area contributed by atoms with Gasteiger partial charge in [0.05, 0.1) is 30.4 Å². The summed E-state index contributed by atoms with van der Waals surface area (Å²) in [5, 5.41) is 0. The van der Waals surface area contributed by atoms with Crippen molar-refractivity contribution in [3.05, 3.63) is 84.1 Å². The third-order valence-electron chi connectivity index (χ3n) is 4.97. The van der Waals surface area contributed by atoms with Gasteiger partial charge in [-0.2, -0.15) is 0 Å². The molecule has 0 atom stereocenters. The summed E-state index contributed by atoms with van der Waals surface area (Å²) in [6, 6.07) is 19.3. The van der Waals surface area contributed by atoms with Crippen molar-refractivity contribution in [3.63, 3.8) is 0 Å². The van der Waals surface area contributed by atoms with E-state index in [1.54, 1.807) is 17.0 Å². The van der Waals surface area contributed by atoms with Crippen LogP contribution in [0.2, 0.25) is 0 Å². The number of hydrogen-bond donors (Lipinski definition) is 0. The van der Waals surface area contributed by atoms with E-state index in [9.17, 15) is 4.79 Å². The Balaban J connectivity index is 1.57. The van der Waals surface area contributed by atoms with Crippen LogP contribution in [0.25, 0.3) is 11.0 Å². The normalized spacial score (nSPS) is 13.4. The molecule has 1 aliphatic rings. The van der Waals surface area contributed by atoms with Crippen molar-refractivity contribution in [2.45, 2.75) is 19.7 Å². The number of aromatic nitrogens is 2. The van der Waals surface area contributed by atoms with Crippen LogP contribution in [0.5, 0.6) is 0 Å². The third-order valence-corrected chi connectivity index (χ3v) is 4.97. The second-order valence-electron chi connectivity index (χ2n) is 6.76. The van der Waals surface area contributed by atoms with Crippen molar-refractivity contribution in [2.75, 3.05) is 11.5 Å². The van der Waals surface area contributed by atoms with Gasteiger partial charge < -0.3 is 18.6 Å². The summed E-state index contributed by atoms with van der Waals surface area (Å²) < 4.78 is 13.0. The number of amides is 1. The zero-order chi connectivity index (χ0) is 18.9. The first kappa shape index (κ1) is 16.8. The Kier molecular flexibility index (Phi) is 4.18. The summed E-state index contributed by atoms with van der Waals surface area (Å²) in [5.41, 5.74) is 3.75. The first-order valence-electron chi connectivity index (χ1n) is 9.26. The van der Waals surface area contributed by atoms with E-state index in [0.717, 1.165) is 34.7 Å². The Morgan fingerprint density at radius 2 is 2.00 bits per heavy atom. The number of fused-ring (bicyclic) bond motifs is 3. The van der Waals surface area contributed by atoms with E-state index in [-0.39, 0.29) is 5.91 Å². The molecule has 0 saturated heterocycles. The molecule has 28 heavy (non-hydrogen) atoms. The fourth-order valence-electron chi connectivity index (χ4n) is 3.59. The fraction of sp³-hybridized carbons (Fsp3) is 0.182. The summed E-state index contributed by atoms with van der Waals surface area (Å²) in [5.74, 6) is 1.06. The van der Waals surface area contributed by atoms with Gasteiger partial charge in [0.15, 0.2) is 5.76 Å². The minimum atomic E-state index is -0.180. The van der Waals surface area contributed by atoms with Gasteiger partial charge in [0.2, 0.25) is 0 Å². The second-order valence-corrected chi connectivity index (χ2v) is 6.76. The molecule has 1 aliphatic heterocycles. The van der Waals surface area contributed by atoms with Crippen LogP contribution >= 0.6 is 0 Å². The van der Waals surface area contributed by atoms with Crippen molar-refractivity contribution in [2.24, 2.45) is 0 Å². The van der Waals surface area contributed by atoms with Crippen LogP contribution in [-0.4, -0.2) is 22.1 Å². The molecule has 1 amide bonds. The SMILES string of the molecule is O=C(c1ccco1)N(Cc1ccccc1)c1ccc2c(c1)nc1n2CCOC1. The fourth-order valence-corrected chi connectivity index (χ4v) is 3.59. The van der Waals surface area contributed by atoms with E-state index in [0.29, 0.717) is 25.5 Å². The molecule has 5 rings (SSSR count). The van der Waals surface area contributed by atoms with E-state index in [2.05, 4.69) is 4.57 Å². The van der Waals surface area contributed by atoms with Gasteiger partial charge in [-0.3, -0.25) is 4.79 Å². The summed E-state index contributed by atoms with van der Waals surface area (Å²) in [7, 11) is 0. The Hall–Kier alpha value is -3.38. The lowest BCUT2D eigenvalue weighted by Gasteiger charge is -2.22. The van der Waals surface area contributed by atoms with Crippen LogP contribution in [0.15, 0.2) is 71.3 Å². The molecular weight excluding hydrogens is 354 g/mol. The van der Waals surface area contributed by atoms with Crippen molar-refractivity contribution in [1.29, 1.82) is 0 Å². The van der Waals surface area contributed by atoms with Crippen LogP contribution in [0.1, 0.15) is 21.9 Å². The average Bonchev–Trinajstić information content (AvgIpc) is 3.40. The first-order valence-corrected chi connectivity index (χ1v) is 9.26. The molecular formula is C22H19N3O3. The average molecular weight is 373 g/mol. The van der Waals surface area contributed by atoms with E-state index in [4.69, 9.17) is 14.1 Å². The van der Waals surface area contributed by atoms with Crippen LogP contribution < -0.4 is 4.90 Å². The van der Waals surface area contributed by atoms with E-state index >= 15 is 0 Å². The van der Waals surface area contributed by atoms with E-state index < -0.39 is 0 Å². The van der Waals surface area contributed by atoms with Gasteiger partial charge in [-0.25, -0.2) is 4.98 Å². The van der Waals surface area contributed by atoms with Gasteiger partial charge in [0, 0.05) is 12.2 Å². The Morgan fingerprint density at radius 1 is 1.11 bits per heavy atom. The largest absolute Gasteiger partial charge is 0.459 e. The molecule has 3 heterocycles. The number of benzene rings is 2.